The Morgan fingerprint density at radius 3 is 2.38 bits per heavy atom. The average molecular weight is 285 g/mol. The summed E-state index contributed by atoms with van der Waals surface area (Å²) in [5.74, 6) is 0.958. The Hall–Kier alpha value is -0.380. The van der Waals surface area contributed by atoms with Crippen molar-refractivity contribution >= 4 is 15.9 Å². The topological polar surface area (TPSA) is 52.0 Å². The van der Waals surface area contributed by atoms with Crippen molar-refractivity contribution < 1.29 is 0 Å². The lowest BCUT2D eigenvalue weighted by molar-refractivity contribution is 0.372. The van der Waals surface area contributed by atoms with Crippen LogP contribution < -0.4 is 11.5 Å². The van der Waals surface area contributed by atoms with E-state index in [2.05, 4.69) is 48.0 Å². The third-order valence-electron chi connectivity index (χ3n) is 3.19. The Kier molecular flexibility index (Phi) is 5.46. The van der Waals surface area contributed by atoms with E-state index >= 15 is 0 Å². The van der Waals surface area contributed by atoms with Crippen LogP contribution in [0.3, 0.4) is 0 Å². The van der Waals surface area contributed by atoms with Crippen LogP contribution >= 0.6 is 15.9 Å². The maximum atomic E-state index is 5.70. The summed E-state index contributed by atoms with van der Waals surface area (Å²) in [6, 6.07) is 6.50. The first kappa shape index (κ1) is 13.7. The highest BCUT2D eigenvalue weighted by molar-refractivity contribution is 9.10. The van der Waals surface area contributed by atoms with Gasteiger partial charge in [-0.05, 0) is 55.5 Å². The van der Waals surface area contributed by atoms with E-state index in [1.807, 2.05) is 0 Å². The van der Waals surface area contributed by atoms with Gasteiger partial charge in [0, 0.05) is 4.47 Å². The van der Waals surface area contributed by atoms with Crippen molar-refractivity contribution in [2.75, 3.05) is 13.1 Å². The van der Waals surface area contributed by atoms with Gasteiger partial charge in [0.15, 0.2) is 0 Å². The molecular weight excluding hydrogens is 264 g/mol. The normalized spacial score (nSPS) is 13.1. The molecule has 1 aromatic carbocycles. The van der Waals surface area contributed by atoms with Crippen LogP contribution in [0.4, 0.5) is 0 Å². The van der Waals surface area contributed by atoms with E-state index in [1.165, 1.54) is 11.1 Å². The molecule has 0 bridgehead atoms. The van der Waals surface area contributed by atoms with Crippen LogP contribution in [0.5, 0.6) is 0 Å². The second-order valence-electron chi connectivity index (χ2n) is 4.50. The van der Waals surface area contributed by atoms with Crippen molar-refractivity contribution in [3.63, 3.8) is 0 Å². The fourth-order valence-electron chi connectivity index (χ4n) is 1.93. The zero-order chi connectivity index (χ0) is 12.1. The lowest BCUT2D eigenvalue weighted by Gasteiger charge is -2.21. The first-order valence-electron chi connectivity index (χ1n) is 5.73. The molecule has 0 aliphatic rings. The molecule has 0 amide bonds. The van der Waals surface area contributed by atoms with Gasteiger partial charge in [0.05, 0.1) is 0 Å². The van der Waals surface area contributed by atoms with Gasteiger partial charge in [-0.15, -0.1) is 0 Å². The van der Waals surface area contributed by atoms with Crippen molar-refractivity contribution in [1.29, 1.82) is 0 Å². The number of hydrogen-bond donors (Lipinski definition) is 2. The predicted octanol–water partition coefficient (Wildman–Crippen LogP) is 2.47. The molecule has 1 unspecified atom stereocenters. The summed E-state index contributed by atoms with van der Waals surface area (Å²) in [6.07, 6.45) is 1.05. The van der Waals surface area contributed by atoms with Crippen LogP contribution in [-0.2, 0) is 6.42 Å². The Morgan fingerprint density at radius 2 is 1.88 bits per heavy atom. The zero-order valence-electron chi connectivity index (χ0n) is 10.0. The summed E-state index contributed by atoms with van der Waals surface area (Å²) < 4.78 is 1.16. The number of aryl methyl sites for hydroxylation is 1. The molecule has 4 N–H and O–H groups in total. The van der Waals surface area contributed by atoms with Gasteiger partial charge in [0.1, 0.15) is 0 Å². The third kappa shape index (κ3) is 3.58. The molecule has 0 heterocycles. The van der Waals surface area contributed by atoms with E-state index in [0.717, 1.165) is 10.9 Å². The Balaban J connectivity index is 2.69. The van der Waals surface area contributed by atoms with E-state index < -0.39 is 0 Å². The lowest BCUT2D eigenvalue weighted by Crippen LogP contribution is -2.30. The summed E-state index contributed by atoms with van der Waals surface area (Å²) in [5.41, 5.74) is 14.0. The number of benzene rings is 1. The molecule has 0 fully saturated rings. The van der Waals surface area contributed by atoms with E-state index in [4.69, 9.17) is 11.5 Å². The Bertz CT molecular complexity index is 335. The molecule has 3 heteroatoms. The molecule has 1 aromatic rings. The summed E-state index contributed by atoms with van der Waals surface area (Å²) in [5, 5.41) is 0. The maximum Gasteiger partial charge on any atom is 0.0204 e. The fraction of sp³-hybridized carbons (Fsp3) is 0.538. The first-order valence-corrected chi connectivity index (χ1v) is 6.53. The van der Waals surface area contributed by atoms with E-state index in [9.17, 15) is 0 Å². The molecule has 16 heavy (non-hydrogen) atoms. The van der Waals surface area contributed by atoms with Crippen LogP contribution in [-0.4, -0.2) is 13.1 Å². The molecule has 0 aliphatic carbocycles. The van der Waals surface area contributed by atoms with Gasteiger partial charge in [-0.1, -0.05) is 35.0 Å². The molecule has 0 radical (unpaired) electrons. The van der Waals surface area contributed by atoms with Crippen LogP contribution in [0, 0.1) is 18.8 Å². The molecule has 2 nitrogen and oxygen atoms in total. The highest BCUT2D eigenvalue weighted by atomic mass is 79.9. The standard InChI is InChI=1S/C13H21BrN2/c1-9(12(7-15)8-16)5-11-3-4-13(14)10(2)6-11/h3-4,6,9,12H,5,7-8,15-16H2,1-2H3. The molecule has 90 valence electrons. The minimum Gasteiger partial charge on any atom is -0.330 e. The maximum absolute atomic E-state index is 5.70. The van der Waals surface area contributed by atoms with Gasteiger partial charge in [-0.2, -0.15) is 0 Å². The molecule has 0 saturated carbocycles. The largest absolute Gasteiger partial charge is 0.330 e. The monoisotopic (exact) mass is 284 g/mol. The van der Waals surface area contributed by atoms with Crippen molar-refractivity contribution in [1.82, 2.24) is 0 Å². The highest BCUT2D eigenvalue weighted by Gasteiger charge is 2.14. The molecule has 0 aliphatic heterocycles. The van der Waals surface area contributed by atoms with Crippen LogP contribution in [0.2, 0.25) is 0 Å². The fourth-order valence-corrected chi connectivity index (χ4v) is 2.18. The summed E-state index contributed by atoms with van der Waals surface area (Å²) in [6.45, 7) is 5.68. The highest BCUT2D eigenvalue weighted by Crippen LogP contribution is 2.21. The number of nitrogens with two attached hydrogens (primary N) is 2. The van der Waals surface area contributed by atoms with Gasteiger partial charge in [0.2, 0.25) is 0 Å². The molecular formula is C13H21BrN2. The average Bonchev–Trinajstić information content (AvgIpc) is 2.25. The van der Waals surface area contributed by atoms with Crippen LogP contribution in [0.15, 0.2) is 22.7 Å². The molecule has 0 spiro atoms. The number of halogens is 1. The van der Waals surface area contributed by atoms with Gasteiger partial charge in [0.25, 0.3) is 0 Å². The second-order valence-corrected chi connectivity index (χ2v) is 5.35. The Morgan fingerprint density at radius 1 is 1.25 bits per heavy atom. The van der Waals surface area contributed by atoms with Crippen molar-refractivity contribution in [3.8, 4) is 0 Å². The number of hydrogen-bond acceptors (Lipinski definition) is 2. The van der Waals surface area contributed by atoms with Gasteiger partial charge in [-0.25, -0.2) is 0 Å². The van der Waals surface area contributed by atoms with Crippen molar-refractivity contribution in [2.45, 2.75) is 20.3 Å². The second kappa shape index (κ2) is 6.38. The minimum atomic E-state index is 0.420. The third-order valence-corrected chi connectivity index (χ3v) is 4.08. The lowest BCUT2D eigenvalue weighted by atomic mass is 9.88. The Labute approximate surface area is 107 Å². The number of rotatable bonds is 5. The molecule has 1 rings (SSSR count). The van der Waals surface area contributed by atoms with Crippen molar-refractivity contribution in [3.05, 3.63) is 33.8 Å². The quantitative estimate of drug-likeness (QED) is 0.873. The smallest absolute Gasteiger partial charge is 0.0204 e. The minimum absolute atomic E-state index is 0.420. The van der Waals surface area contributed by atoms with Crippen molar-refractivity contribution in [2.24, 2.45) is 23.3 Å². The van der Waals surface area contributed by atoms with Gasteiger partial charge in [-0.3, -0.25) is 0 Å². The summed E-state index contributed by atoms with van der Waals surface area (Å²) >= 11 is 3.51. The molecule has 0 aromatic heterocycles. The van der Waals surface area contributed by atoms with Crippen LogP contribution in [0.25, 0.3) is 0 Å². The van der Waals surface area contributed by atoms with Crippen LogP contribution in [0.1, 0.15) is 18.1 Å². The van der Waals surface area contributed by atoms with E-state index in [0.29, 0.717) is 24.9 Å². The van der Waals surface area contributed by atoms with Gasteiger partial charge < -0.3 is 11.5 Å². The van der Waals surface area contributed by atoms with Gasteiger partial charge >= 0.3 is 0 Å². The van der Waals surface area contributed by atoms with E-state index in [-0.39, 0.29) is 0 Å². The SMILES string of the molecule is Cc1cc(CC(C)C(CN)CN)ccc1Br. The summed E-state index contributed by atoms with van der Waals surface area (Å²) in [4.78, 5) is 0. The van der Waals surface area contributed by atoms with E-state index in [1.54, 1.807) is 0 Å². The molecule has 0 saturated heterocycles. The zero-order valence-corrected chi connectivity index (χ0v) is 11.6. The molecule has 1 atom stereocenters. The summed E-state index contributed by atoms with van der Waals surface area (Å²) in [7, 11) is 0. The predicted molar refractivity (Wildman–Crippen MR) is 73.3 cm³/mol. The first-order chi connectivity index (χ1) is 7.58.